The lowest BCUT2D eigenvalue weighted by Gasteiger charge is -2.50. The van der Waals surface area contributed by atoms with Crippen LogP contribution in [0.2, 0.25) is 5.02 Å². The van der Waals surface area contributed by atoms with Crippen LogP contribution in [0.25, 0.3) is 0 Å². The van der Waals surface area contributed by atoms with Crippen LogP contribution in [-0.4, -0.2) is 65.8 Å². The normalized spacial score (nSPS) is 21.7. The summed E-state index contributed by atoms with van der Waals surface area (Å²) in [6.07, 6.45) is 8.96. The minimum absolute atomic E-state index is 0.188. The van der Waals surface area contributed by atoms with E-state index >= 15 is 0 Å². The van der Waals surface area contributed by atoms with Crippen molar-refractivity contribution in [3.8, 4) is 0 Å². The molecule has 2 aromatic rings. The van der Waals surface area contributed by atoms with Crippen LogP contribution in [0.5, 0.6) is 0 Å². The van der Waals surface area contributed by atoms with E-state index in [-0.39, 0.29) is 5.54 Å². The minimum Gasteiger partial charge on any atom is -0.377 e. The first-order chi connectivity index (χ1) is 14.6. The van der Waals surface area contributed by atoms with Gasteiger partial charge in [-0.15, -0.1) is 0 Å². The van der Waals surface area contributed by atoms with Gasteiger partial charge in [0.05, 0.1) is 47.4 Å². The van der Waals surface area contributed by atoms with Crippen molar-refractivity contribution in [2.24, 2.45) is 0 Å². The number of aromatic nitrogens is 2. The first-order valence-corrected chi connectivity index (χ1v) is 11.2. The Bertz CT molecular complexity index is 928. The Kier molecular flexibility index (Phi) is 5.21. The summed E-state index contributed by atoms with van der Waals surface area (Å²) in [6.45, 7) is 7.79. The topological polar surface area (TPSA) is 69.4 Å². The highest BCUT2D eigenvalue weighted by molar-refractivity contribution is 6.33. The lowest BCUT2D eigenvalue weighted by atomic mass is 9.93. The number of benzene rings is 1. The van der Waals surface area contributed by atoms with Gasteiger partial charge in [0, 0.05) is 49.8 Å². The molecule has 0 atom stereocenters. The van der Waals surface area contributed by atoms with Gasteiger partial charge in [-0.2, -0.15) is 5.10 Å². The van der Waals surface area contributed by atoms with Crippen LogP contribution in [0, 0.1) is 5.41 Å². The van der Waals surface area contributed by atoms with Crippen molar-refractivity contribution in [3.05, 3.63) is 35.1 Å². The molecule has 30 heavy (non-hydrogen) atoms. The van der Waals surface area contributed by atoms with Crippen LogP contribution >= 0.6 is 11.6 Å². The molecule has 2 aliphatic heterocycles. The van der Waals surface area contributed by atoms with Gasteiger partial charge in [0.25, 0.3) is 0 Å². The summed E-state index contributed by atoms with van der Waals surface area (Å²) in [5.74, 6) is 0. The lowest BCUT2D eigenvalue weighted by molar-refractivity contribution is -0.131. The maximum absolute atomic E-state index is 7.82. The molecule has 2 saturated heterocycles. The number of hydrogen-bond donors (Lipinski definition) is 2. The van der Waals surface area contributed by atoms with Crippen LogP contribution in [0.15, 0.2) is 24.5 Å². The fourth-order valence-corrected chi connectivity index (χ4v) is 4.82. The summed E-state index contributed by atoms with van der Waals surface area (Å²) in [5.41, 5.74) is 3.82. The van der Waals surface area contributed by atoms with E-state index in [1.54, 1.807) is 0 Å². The van der Waals surface area contributed by atoms with Gasteiger partial charge in [-0.1, -0.05) is 11.6 Å². The largest absolute Gasteiger partial charge is 0.377 e. The van der Waals surface area contributed by atoms with Gasteiger partial charge in [0.1, 0.15) is 0 Å². The van der Waals surface area contributed by atoms with Gasteiger partial charge in [0.2, 0.25) is 0 Å². The molecule has 0 radical (unpaired) electrons. The third-order valence-electron chi connectivity index (χ3n) is 6.81. The van der Waals surface area contributed by atoms with E-state index < -0.39 is 0 Å². The van der Waals surface area contributed by atoms with Gasteiger partial charge in [0.15, 0.2) is 0 Å². The fraction of sp³-hybridized carbons (Fsp3) is 0.545. The van der Waals surface area contributed by atoms with Gasteiger partial charge >= 0.3 is 0 Å². The molecule has 1 aromatic carbocycles. The summed E-state index contributed by atoms with van der Waals surface area (Å²) in [4.78, 5) is 4.87. The Morgan fingerprint density at radius 2 is 2.00 bits per heavy atom. The van der Waals surface area contributed by atoms with E-state index in [1.165, 1.54) is 25.5 Å². The highest BCUT2D eigenvalue weighted by atomic mass is 35.5. The molecule has 3 fully saturated rings. The van der Waals surface area contributed by atoms with Gasteiger partial charge in [-0.25, -0.2) is 0 Å². The zero-order valence-corrected chi connectivity index (χ0v) is 18.2. The average Bonchev–Trinajstić information content (AvgIpc) is 3.13. The number of hydrogen-bond acceptors (Lipinski definition) is 6. The zero-order valence-electron chi connectivity index (χ0n) is 17.4. The smallest absolute Gasteiger partial charge is 0.0770 e. The molecular formula is C22H29ClN6O. The number of rotatable bonds is 6. The average molecular weight is 429 g/mol. The van der Waals surface area contributed by atoms with Crippen molar-refractivity contribution in [2.45, 2.75) is 37.8 Å². The highest BCUT2D eigenvalue weighted by Crippen LogP contribution is 2.36. The van der Waals surface area contributed by atoms with Crippen LogP contribution in [0.4, 0.5) is 17.1 Å². The fourth-order valence-electron chi connectivity index (χ4n) is 4.52. The van der Waals surface area contributed by atoms with Crippen molar-refractivity contribution in [2.75, 3.05) is 49.6 Å². The van der Waals surface area contributed by atoms with E-state index in [2.05, 4.69) is 44.1 Å². The minimum atomic E-state index is 0.188. The molecule has 160 valence electrons. The molecule has 1 aliphatic carbocycles. The van der Waals surface area contributed by atoms with E-state index in [0.29, 0.717) is 11.1 Å². The molecule has 3 heterocycles. The first-order valence-electron chi connectivity index (χ1n) is 10.8. The molecule has 7 nitrogen and oxygen atoms in total. The van der Waals surface area contributed by atoms with E-state index in [1.807, 2.05) is 12.3 Å². The molecule has 0 bridgehead atoms. The summed E-state index contributed by atoms with van der Waals surface area (Å²) in [6, 6.07) is 4.49. The summed E-state index contributed by atoms with van der Waals surface area (Å²) < 4.78 is 7.49. The molecule has 0 amide bonds. The summed E-state index contributed by atoms with van der Waals surface area (Å²) in [5, 5.41) is 16.5. The molecule has 0 spiro atoms. The second-order valence-electron chi connectivity index (χ2n) is 8.92. The zero-order chi connectivity index (χ0) is 20.7. The molecule has 3 aliphatic rings. The summed E-state index contributed by atoms with van der Waals surface area (Å²) >= 11 is 6.63. The summed E-state index contributed by atoms with van der Waals surface area (Å²) in [7, 11) is 0. The predicted octanol–water partition coefficient (Wildman–Crippen LogP) is 3.91. The van der Waals surface area contributed by atoms with E-state index in [9.17, 15) is 0 Å². The van der Waals surface area contributed by atoms with Crippen molar-refractivity contribution in [3.63, 3.8) is 0 Å². The molecular weight excluding hydrogens is 400 g/mol. The predicted molar refractivity (Wildman–Crippen MR) is 121 cm³/mol. The van der Waals surface area contributed by atoms with Gasteiger partial charge in [-0.05, 0) is 38.3 Å². The van der Waals surface area contributed by atoms with Crippen molar-refractivity contribution in [1.29, 1.82) is 5.41 Å². The number of ether oxygens (including phenoxy) is 1. The molecule has 5 rings (SSSR count). The second-order valence-corrected chi connectivity index (χ2v) is 9.32. The van der Waals surface area contributed by atoms with Crippen molar-refractivity contribution >= 4 is 34.9 Å². The highest BCUT2D eigenvalue weighted by Gasteiger charge is 2.40. The van der Waals surface area contributed by atoms with Crippen LogP contribution in [-0.2, 0) is 4.74 Å². The number of halogens is 1. The third kappa shape index (κ3) is 3.59. The van der Waals surface area contributed by atoms with Crippen molar-refractivity contribution in [1.82, 2.24) is 14.7 Å². The Morgan fingerprint density at radius 3 is 2.60 bits per heavy atom. The third-order valence-corrected chi connectivity index (χ3v) is 7.12. The van der Waals surface area contributed by atoms with E-state index in [0.717, 1.165) is 62.0 Å². The Morgan fingerprint density at radius 1 is 1.23 bits per heavy atom. The molecule has 2 N–H and O–H groups in total. The van der Waals surface area contributed by atoms with E-state index in [4.69, 9.17) is 21.7 Å². The number of nitrogens with zero attached hydrogens (tertiary/aromatic N) is 4. The van der Waals surface area contributed by atoms with Crippen LogP contribution in [0.3, 0.4) is 0 Å². The molecule has 8 heteroatoms. The standard InChI is InChI=1S/C22H29ClN6O/c1-22(14-30-15-22)28-7-5-27(6-8-28)21-10-20(16(11-24)9-19(21)23)26-17-12-25-29(13-17)18-3-2-4-18/h9-13,18,24,26H,2-8,14-15H2,1H3. The van der Waals surface area contributed by atoms with Gasteiger partial charge < -0.3 is 20.4 Å². The van der Waals surface area contributed by atoms with Gasteiger partial charge in [-0.3, -0.25) is 9.58 Å². The molecule has 1 aromatic heterocycles. The second kappa shape index (κ2) is 7.87. The monoisotopic (exact) mass is 428 g/mol. The maximum atomic E-state index is 7.82. The quantitative estimate of drug-likeness (QED) is 0.682. The number of nitrogens with one attached hydrogen (secondary N) is 2. The van der Waals surface area contributed by atoms with Crippen LogP contribution in [0.1, 0.15) is 37.8 Å². The SMILES string of the molecule is CC1(N2CCN(c3cc(Nc4cnn(C5CCC5)c4)c(C=N)cc3Cl)CC2)COC1. The Balaban J connectivity index is 1.33. The molecule has 0 unspecified atom stereocenters. The Hall–Kier alpha value is -2.09. The molecule has 1 saturated carbocycles. The first kappa shape index (κ1) is 19.8. The number of anilines is 3. The lowest BCUT2D eigenvalue weighted by Crippen LogP contribution is -2.64. The Labute approximate surface area is 182 Å². The van der Waals surface area contributed by atoms with Crippen LogP contribution < -0.4 is 10.2 Å². The number of piperazine rings is 1. The van der Waals surface area contributed by atoms with Crippen molar-refractivity contribution < 1.29 is 4.74 Å². The maximum Gasteiger partial charge on any atom is 0.0770 e.